The molecule has 134 valence electrons. The van der Waals surface area contributed by atoms with Crippen LogP contribution in [0.3, 0.4) is 0 Å². The molecule has 0 atom stereocenters. The van der Waals surface area contributed by atoms with E-state index in [2.05, 4.69) is 34.5 Å². The Morgan fingerprint density at radius 1 is 1.24 bits per heavy atom. The lowest BCUT2D eigenvalue weighted by atomic mass is 10.2. The monoisotopic (exact) mass is 344 g/mol. The van der Waals surface area contributed by atoms with Crippen molar-refractivity contribution in [2.24, 2.45) is 10.9 Å². The molecule has 5 nitrogen and oxygen atoms in total. The lowest BCUT2D eigenvalue weighted by molar-refractivity contribution is 0.452. The molecule has 1 aromatic heterocycles. The molecule has 0 fully saturated rings. The van der Waals surface area contributed by atoms with E-state index < -0.39 is 0 Å². The average molecular weight is 344 g/mol. The largest absolute Gasteiger partial charge is 0.439 e. The van der Waals surface area contributed by atoms with Gasteiger partial charge in [0.1, 0.15) is 11.6 Å². The molecule has 0 aliphatic carbocycles. The van der Waals surface area contributed by atoms with E-state index in [1.165, 1.54) is 12.1 Å². The molecule has 2 N–H and O–H groups in total. The Morgan fingerprint density at radius 2 is 2.08 bits per heavy atom. The summed E-state index contributed by atoms with van der Waals surface area (Å²) in [5.74, 6) is 1.76. The Morgan fingerprint density at radius 3 is 2.80 bits per heavy atom. The summed E-state index contributed by atoms with van der Waals surface area (Å²) in [7, 11) is 0. The maximum absolute atomic E-state index is 13.3. The highest BCUT2D eigenvalue weighted by Gasteiger charge is 2.07. The van der Waals surface area contributed by atoms with Gasteiger partial charge in [-0.3, -0.25) is 0 Å². The van der Waals surface area contributed by atoms with Crippen LogP contribution in [0.4, 0.5) is 4.39 Å². The van der Waals surface area contributed by atoms with Crippen molar-refractivity contribution in [1.82, 2.24) is 15.6 Å². The highest BCUT2D eigenvalue weighted by Crippen LogP contribution is 2.23. The van der Waals surface area contributed by atoms with Crippen LogP contribution in [0.1, 0.15) is 26.3 Å². The van der Waals surface area contributed by atoms with Crippen LogP contribution in [0, 0.1) is 11.7 Å². The predicted molar refractivity (Wildman–Crippen MR) is 98.4 cm³/mol. The number of benzene rings is 1. The van der Waals surface area contributed by atoms with Crippen molar-refractivity contribution < 1.29 is 9.13 Å². The highest BCUT2D eigenvalue weighted by atomic mass is 19.1. The number of ether oxygens (including phenoxy) is 1. The molecular formula is C19H25FN4O. The second-order valence-corrected chi connectivity index (χ2v) is 6.00. The lowest BCUT2D eigenvalue weighted by Gasteiger charge is -2.13. The number of rotatable bonds is 7. The number of aliphatic imine (C=N–C) groups is 1. The Labute approximate surface area is 148 Å². The molecule has 2 aromatic rings. The third kappa shape index (κ3) is 6.41. The first kappa shape index (κ1) is 18.7. The van der Waals surface area contributed by atoms with Gasteiger partial charge in [-0.2, -0.15) is 0 Å². The third-order valence-corrected chi connectivity index (χ3v) is 3.29. The predicted octanol–water partition coefficient (Wildman–Crippen LogP) is 3.72. The van der Waals surface area contributed by atoms with Crippen LogP contribution < -0.4 is 15.4 Å². The summed E-state index contributed by atoms with van der Waals surface area (Å²) in [4.78, 5) is 8.82. The molecule has 0 bridgehead atoms. The van der Waals surface area contributed by atoms with Crippen LogP contribution in [0.5, 0.6) is 11.6 Å². The summed E-state index contributed by atoms with van der Waals surface area (Å²) >= 11 is 0. The molecule has 0 amide bonds. The number of pyridine rings is 1. The van der Waals surface area contributed by atoms with Gasteiger partial charge >= 0.3 is 0 Å². The van der Waals surface area contributed by atoms with Crippen molar-refractivity contribution in [3.63, 3.8) is 0 Å². The minimum atomic E-state index is -0.347. The molecule has 1 aromatic carbocycles. The Bertz CT molecular complexity index is 703. The number of aromatic nitrogens is 1. The fraction of sp³-hybridized carbons (Fsp3) is 0.368. The average Bonchev–Trinajstić information content (AvgIpc) is 2.58. The van der Waals surface area contributed by atoms with E-state index in [0.717, 1.165) is 24.6 Å². The molecule has 0 saturated carbocycles. The van der Waals surface area contributed by atoms with Crippen LogP contribution >= 0.6 is 0 Å². The minimum Gasteiger partial charge on any atom is -0.439 e. The van der Waals surface area contributed by atoms with Crippen molar-refractivity contribution in [1.29, 1.82) is 0 Å². The number of guanidine groups is 1. The van der Waals surface area contributed by atoms with Gasteiger partial charge in [-0.15, -0.1) is 0 Å². The summed E-state index contributed by atoms with van der Waals surface area (Å²) in [6, 6.07) is 9.73. The topological polar surface area (TPSA) is 58.5 Å². The van der Waals surface area contributed by atoms with E-state index >= 15 is 0 Å². The molecule has 6 heteroatoms. The molecule has 0 radical (unpaired) electrons. The maximum atomic E-state index is 13.3. The van der Waals surface area contributed by atoms with Gasteiger partial charge < -0.3 is 15.4 Å². The third-order valence-electron chi connectivity index (χ3n) is 3.29. The number of halogens is 1. The van der Waals surface area contributed by atoms with Gasteiger partial charge in [0.15, 0.2) is 5.96 Å². The van der Waals surface area contributed by atoms with Crippen LogP contribution in [0.2, 0.25) is 0 Å². The second-order valence-electron chi connectivity index (χ2n) is 6.00. The quantitative estimate of drug-likeness (QED) is 0.594. The van der Waals surface area contributed by atoms with E-state index in [-0.39, 0.29) is 5.82 Å². The zero-order chi connectivity index (χ0) is 18.1. The normalized spacial score (nSPS) is 11.5. The van der Waals surface area contributed by atoms with Gasteiger partial charge in [0, 0.05) is 30.9 Å². The van der Waals surface area contributed by atoms with Crippen molar-refractivity contribution in [3.8, 4) is 11.6 Å². The van der Waals surface area contributed by atoms with E-state index in [1.807, 2.05) is 19.1 Å². The van der Waals surface area contributed by atoms with E-state index in [4.69, 9.17) is 4.74 Å². The summed E-state index contributed by atoms with van der Waals surface area (Å²) in [6.07, 6.45) is 1.64. The summed E-state index contributed by atoms with van der Waals surface area (Å²) in [6.45, 7) is 8.33. The molecule has 0 unspecified atom stereocenters. The van der Waals surface area contributed by atoms with Crippen molar-refractivity contribution in [2.75, 3.05) is 13.1 Å². The molecule has 1 heterocycles. The van der Waals surface area contributed by atoms with E-state index in [0.29, 0.717) is 24.1 Å². The van der Waals surface area contributed by atoms with Gasteiger partial charge in [0.25, 0.3) is 0 Å². The van der Waals surface area contributed by atoms with E-state index in [9.17, 15) is 4.39 Å². The lowest BCUT2D eigenvalue weighted by Crippen LogP contribution is -2.39. The van der Waals surface area contributed by atoms with Gasteiger partial charge in [0.05, 0.1) is 6.54 Å². The molecule has 25 heavy (non-hydrogen) atoms. The van der Waals surface area contributed by atoms with E-state index in [1.54, 1.807) is 18.3 Å². The molecule has 2 rings (SSSR count). The standard InChI is InChI=1S/C19H25FN4O/c1-4-21-19(23-12-14(2)3)24-13-15-7-6-10-22-18(15)25-17-9-5-8-16(20)11-17/h5-11,14H,4,12-13H2,1-3H3,(H2,21,23,24). The smallest absolute Gasteiger partial charge is 0.224 e. The highest BCUT2D eigenvalue weighted by molar-refractivity contribution is 5.79. The molecule has 0 saturated heterocycles. The summed E-state index contributed by atoms with van der Waals surface area (Å²) in [5.41, 5.74) is 0.827. The van der Waals surface area contributed by atoms with Gasteiger partial charge in [-0.25, -0.2) is 14.4 Å². The van der Waals surface area contributed by atoms with Crippen LogP contribution in [-0.2, 0) is 6.54 Å². The fourth-order valence-corrected chi connectivity index (χ4v) is 2.09. The number of hydrogen-bond donors (Lipinski definition) is 2. The van der Waals surface area contributed by atoms with Crippen molar-refractivity contribution in [2.45, 2.75) is 27.3 Å². The summed E-state index contributed by atoms with van der Waals surface area (Å²) in [5, 5.41) is 6.51. The fourth-order valence-electron chi connectivity index (χ4n) is 2.09. The van der Waals surface area contributed by atoms with Crippen LogP contribution in [-0.4, -0.2) is 24.0 Å². The molecular weight excluding hydrogens is 319 g/mol. The van der Waals surface area contributed by atoms with Gasteiger partial charge in [0.2, 0.25) is 5.88 Å². The summed E-state index contributed by atoms with van der Waals surface area (Å²) < 4.78 is 19.0. The van der Waals surface area contributed by atoms with Gasteiger partial charge in [-0.05, 0) is 31.0 Å². The molecule has 0 aliphatic rings. The first-order valence-corrected chi connectivity index (χ1v) is 8.48. The first-order valence-electron chi connectivity index (χ1n) is 8.48. The number of nitrogens with zero attached hydrogens (tertiary/aromatic N) is 2. The Hall–Kier alpha value is -2.63. The van der Waals surface area contributed by atoms with Crippen LogP contribution in [0.25, 0.3) is 0 Å². The Kier molecular flexibility index (Phi) is 7.19. The number of hydrogen-bond acceptors (Lipinski definition) is 3. The zero-order valence-corrected chi connectivity index (χ0v) is 14.9. The minimum absolute atomic E-state index is 0.347. The maximum Gasteiger partial charge on any atom is 0.224 e. The van der Waals surface area contributed by atoms with Crippen LogP contribution in [0.15, 0.2) is 47.6 Å². The van der Waals surface area contributed by atoms with Crippen molar-refractivity contribution >= 4 is 5.96 Å². The second kappa shape index (κ2) is 9.61. The SMILES string of the molecule is CCNC(=NCc1cccnc1Oc1cccc(F)c1)NCC(C)C. The number of nitrogens with one attached hydrogen (secondary N) is 2. The Balaban J connectivity index is 2.11. The first-order chi connectivity index (χ1) is 12.1. The van der Waals surface area contributed by atoms with Gasteiger partial charge in [-0.1, -0.05) is 26.0 Å². The molecule has 0 aliphatic heterocycles. The zero-order valence-electron chi connectivity index (χ0n) is 14.9. The molecule has 0 spiro atoms. The van der Waals surface area contributed by atoms with Crippen molar-refractivity contribution in [3.05, 3.63) is 54.0 Å².